The first-order chi connectivity index (χ1) is 11.9. The summed E-state index contributed by atoms with van der Waals surface area (Å²) in [6, 6.07) is 16.0. The molecular formula is C21H20BrNO2. The molecule has 0 aliphatic rings. The van der Waals surface area contributed by atoms with Crippen LogP contribution in [0.15, 0.2) is 53.0 Å². The van der Waals surface area contributed by atoms with Crippen molar-refractivity contribution in [2.24, 2.45) is 0 Å². The number of benzene rings is 3. The van der Waals surface area contributed by atoms with E-state index < -0.39 is 0 Å². The van der Waals surface area contributed by atoms with Gasteiger partial charge in [-0.2, -0.15) is 0 Å². The Morgan fingerprint density at radius 3 is 2.32 bits per heavy atom. The Labute approximate surface area is 156 Å². The molecule has 0 saturated heterocycles. The maximum absolute atomic E-state index is 12.2. The third kappa shape index (κ3) is 4.20. The smallest absolute Gasteiger partial charge is 0.262 e. The first-order valence-corrected chi connectivity index (χ1v) is 8.91. The zero-order valence-corrected chi connectivity index (χ0v) is 16.1. The molecule has 0 spiro atoms. The van der Waals surface area contributed by atoms with E-state index >= 15 is 0 Å². The van der Waals surface area contributed by atoms with Crippen molar-refractivity contribution in [2.45, 2.75) is 20.8 Å². The van der Waals surface area contributed by atoms with Crippen molar-refractivity contribution < 1.29 is 9.53 Å². The highest BCUT2D eigenvalue weighted by atomic mass is 79.9. The summed E-state index contributed by atoms with van der Waals surface area (Å²) in [5.74, 6) is 0.522. The SMILES string of the molecule is Cc1cc(C)c(NC(=O)COc2ccc3cc(Br)ccc3c2)c(C)c1. The van der Waals surface area contributed by atoms with Gasteiger partial charge in [0.2, 0.25) is 0 Å². The summed E-state index contributed by atoms with van der Waals surface area (Å²) in [4.78, 5) is 12.2. The molecule has 0 unspecified atom stereocenters. The van der Waals surface area contributed by atoms with Gasteiger partial charge in [0, 0.05) is 10.2 Å². The van der Waals surface area contributed by atoms with Crippen LogP contribution < -0.4 is 10.1 Å². The molecule has 4 heteroatoms. The van der Waals surface area contributed by atoms with Crippen LogP contribution in [0.4, 0.5) is 5.69 Å². The molecule has 0 aliphatic carbocycles. The van der Waals surface area contributed by atoms with Gasteiger partial charge in [0.05, 0.1) is 0 Å². The average Bonchev–Trinajstić information content (AvgIpc) is 2.56. The van der Waals surface area contributed by atoms with Crippen molar-refractivity contribution >= 4 is 38.3 Å². The number of fused-ring (bicyclic) bond motifs is 1. The number of anilines is 1. The fourth-order valence-electron chi connectivity index (χ4n) is 2.99. The van der Waals surface area contributed by atoms with Gasteiger partial charge in [-0.3, -0.25) is 4.79 Å². The zero-order chi connectivity index (χ0) is 18.0. The Bertz CT molecular complexity index is 927. The molecule has 0 heterocycles. The number of nitrogens with one attached hydrogen (secondary N) is 1. The molecule has 1 N–H and O–H groups in total. The Morgan fingerprint density at radius 1 is 0.960 bits per heavy atom. The quantitative estimate of drug-likeness (QED) is 0.626. The van der Waals surface area contributed by atoms with E-state index in [0.717, 1.165) is 32.1 Å². The van der Waals surface area contributed by atoms with Gasteiger partial charge in [-0.15, -0.1) is 0 Å². The Balaban J connectivity index is 1.67. The van der Waals surface area contributed by atoms with E-state index in [0.29, 0.717) is 5.75 Å². The monoisotopic (exact) mass is 397 g/mol. The number of carbonyl (C=O) groups is 1. The molecular weight excluding hydrogens is 378 g/mol. The maximum Gasteiger partial charge on any atom is 0.262 e. The van der Waals surface area contributed by atoms with Crippen LogP contribution in [0.3, 0.4) is 0 Å². The molecule has 0 bridgehead atoms. The number of amides is 1. The number of rotatable bonds is 4. The van der Waals surface area contributed by atoms with Crippen molar-refractivity contribution in [1.82, 2.24) is 0 Å². The molecule has 3 rings (SSSR count). The van der Waals surface area contributed by atoms with Crippen LogP contribution in [0.25, 0.3) is 10.8 Å². The molecule has 0 atom stereocenters. The van der Waals surface area contributed by atoms with Gasteiger partial charge < -0.3 is 10.1 Å². The summed E-state index contributed by atoms with van der Waals surface area (Å²) < 4.78 is 6.70. The predicted molar refractivity (Wildman–Crippen MR) is 106 cm³/mol. The average molecular weight is 398 g/mol. The Kier molecular flexibility index (Phi) is 5.09. The Morgan fingerprint density at radius 2 is 1.60 bits per heavy atom. The van der Waals surface area contributed by atoms with Gasteiger partial charge in [-0.05, 0) is 66.9 Å². The van der Waals surface area contributed by atoms with E-state index in [9.17, 15) is 4.79 Å². The minimum atomic E-state index is -0.161. The normalized spacial score (nSPS) is 10.7. The van der Waals surface area contributed by atoms with Gasteiger partial charge >= 0.3 is 0 Å². The summed E-state index contributed by atoms with van der Waals surface area (Å²) in [6.45, 7) is 6.03. The second-order valence-electron chi connectivity index (χ2n) is 6.26. The molecule has 0 fully saturated rings. The van der Waals surface area contributed by atoms with Crippen LogP contribution in [0.2, 0.25) is 0 Å². The van der Waals surface area contributed by atoms with Crippen molar-refractivity contribution in [1.29, 1.82) is 0 Å². The minimum absolute atomic E-state index is 0.0191. The van der Waals surface area contributed by atoms with Crippen LogP contribution in [-0.2, 0) is 4.79 Å². The largest absolute Gasteiger partial charge is 0.484 e. The van der Waals surface area contributed by atoms with Crippen molar-refractivity contribution in [3.63, 3.8) is 0 Å². The van der Waals surface area contributed by atoms with Crippen LogP contribution in [-0.4, -0.2) is 12.5 Å². The molecule has 3 nitrogen and oxygen atoms in total. The fraction of sp³-hybridized carbons (Fsp3) is 0.190. The van der Waals surface area contributed by atoms with E-state index in [1.54, 1.807) is 0 Å². The second kappa shape index (κ2) is 7.28. The number of aryl methyl sites for hydroxylation is 3. The van der Waals surface area contributed by atoms with E-state index in [1.165, 1.54) is 5.56 Å². The topological polar surface area (TPSA) is 38.3 Å². The lowest BCUT2D eigenvalue weighted by Crippen LogP contribution is -2.21. The predicted octanol–water partition coefficient (Wildman–Crippen LogP) is 5.55. The van der Waals surface area contributed by atoms with E-state index in [2.05, 4.69) is 39.4 Å². The third-order valence-corrected chi connectivity index (χ3v) is 4.58. The number of carbonyl (C=O) groups excluding carboxylic acids is 1. The highest BCUT2D eigenvalue weighted by Crippen LogP contribution is 2.25. The molecule has 128 valence electrons. The molecule has 0 radical (unpaired) electrons. The van der Waals surface area contributed by atoms with Gasteiger partial charge in [0.1, 0.15) is 5.75 Å². The van der Waals surface area contributed by atoms with Crippen LogP contribution >= 0.6 is 15.9 Å². The van der Waals surface area contributed by atoms with Gasteiger partial charge in [-0.25, -0.2) is 0 Å². The first-order valence-electron chi connectivity index (χ1n) is 8.12. The van der Waals surface area contributed by atoms with Crippen LogP contribution in [0.1, 0.15) is 16.7 Å². The van der Waals surface area contributed by atoms with Crippen molar-refractivity contribution in [2.75, 3.05) is 11.9 Å². The van der Waals surface area contributed by atoms with Crippen LogP contribution in [0.5, 0.6) is 5.75 Å². The maximum atomic E-state index is 12.2. The molecule has 3 aromatic rings. The lowest BCUT2D eigenvalue weighted by atomic mass is 10.1. The van der Waals surface area contributed by atoms with E-state index in [-0.39, 0.29) is 12.5 Å². The lowest BCUT2D eigenvalue weighted by Gasteiger charge is -2.13. The number of hydrogen-bond donors (Lipinski definition) is 1. The van der Waals surface area contributed by atoms with Gasteiger partial charge in [0.15, 0.2) is 6.61 Å². The molecule has 0 aromatic heterocycles. The second-order valence-corrected chi connectivity index (χ2v) is 7.18. The number of hydrogen-bond acceptors (Lipinski definition) is 2. The third-order valence-electron chi connectivity index (χ3n) is 4.09. The van der Waals surface area contributed by atoms with E-state index in [4.69, 9.17) is 4.74 Å². The summed E-state index contributed by atoms with van der Waals surface area (Å²) in [5.41, 5.74) is 4.17. The summed E-state index contributed by atoms with van der Waals surface area (Å²) in [5, 5.41) is 5.15. The molecule has 3 aromatic carbocycles. The molecule has 1 amide bonds. The standard InChI is InChI=1S/C21H20BrNO2/c1-13-8-14(2)21(15(3)9-13)23-20(24)12-25-19-7-5-16-10-18(22)6-4-17(16)11-19/h4-11H,12H2,1-3H3,(H,23,24). The van der Waals surface area contributed by atoms with Crippen molar-refractivity contribution in [3.05, 3.63) is 69.7 Å². The zero-order valence-electron chi connectivity index (χ0n) is 14.5. The van der Waals surface area contributed by atoms with Crippen molar-refractivity contribution in [3.8, 4) is 5.75 Å². The number of ether oxygens (including phenoxy) is 1. The highest BCUT2D eigenvalue weighted by molar-refractivity contribution is 9.10. The van der Waals surface area contributed by atoms with Gasteiger partial charge in [0.25, 0.3) is 5.91 Å². The highest BCUT2D eigenvalue weighted by Gasteiger charge is 2.09. The Hall–Kier alpha value is -2.33. The summed E-state index contributed by atoms with van der Waals surface area (Å²) in [6.07, 6.45) is 0. The van der Waals surface area contributed by atoms with E-state index in [1.807, 2.05) is 51.1 Å². The van der Waals surface area contributed by atoms with Crippen LogP contribution in [0, 0.1) is 20.8 Å². The minimum Gasteiger partial charge on any atom is -0.484 e. The summed E-state index contributed by atoms with van der Waals surface area (Å²) in [7, 11) is 0. The molecule has 0 saturated carbocycles. The fourth-order valence-corrected chi connectivity index (χ4v) is 3.36. The number of halogens is 1. The molecule has 25 heavy (non-hydrogen) atoms. The summed E-state index contributed by atoms with van der Waals surface area (Å²) >= 11 is 3.46. The molecule has 0 aliphatic heterocycles. The lowest BCUT2D eigenvalue weighted by molar-refractivity contribution is -0.118. The van der Waals surface area contributed by atoms with Gasteiger partial charge in [-0.1, -0.05) is 45.8 Å². The first kappa shape index (κ1) is 17.5.